The molecular weight excluding hydrogens is 334 g/mol. The smallest absolute Gasteiger partial charge is 0.328 e. The quantitative estimate of drug-likeness (QED) is 0.729. The first kappa shape index (κ1) is 19.9. The zero-order valence-corrected chi connectivity index (χ0v) is 15.9. The molecule has 0 N–H and O–H groups in total. The SMILES string of the molecule is CCOC(=O)C(C)(C)CCC(=O)N1c2ccccc2CCC1C(=O)OC. The molecule has 1 amide bonds. The van der Waals surface area contributed by atoms with E-state index in [1.54, 1.807) is 20.8 Å². The van der Waals surface area contributed by atoms with Crippen LogP contribution in [0.3, 0.4) is 0 Å². The number of esters is 2. The Morgan fingerprint density at radius 1 is 1.23 bits per heavy atom. The summed E-state index contributed by atoms with van der Waals surface area (Å²) in [6.07, 6.45) is 1.73. The Labute approximate surface area is 154 Å². The Morgan fingerprint density at radius 2 is 1.92 bits per heavy atom. The number of ether oxygens (including phenoxy) is 2. The minimum Gasteiger partial charge on any atom is -0.467 e. The third-order valence-electron chi connectivity index (χ3n) is 4.78. The van der Waals surface area contributed by atoms with Gasteiger partial charge in [-0.1, -0.05) is 18.2 Å². The van der Waals surface area contributed by atoms with E-state index in [2.05, 4.69) is 0 Å². The molecule has 142 valence electrons. The van der Waals surface area contributed by atoms with Crippen LogP contribution >= 0.6 is 0 Å². The molecule has 0 aliphatic carbocycles. The maximum Gasteiger partial charge on any atom is 0.328 e. The van der Waals surface area contributed by atoms with Gasteiger partial charge in [-0.15, -0.1) is 0 Å². The number of carbonyl (C=O) groups is 3. The van der Waals surface area contributed by atoms with Gasteiger partial charge in [0.2, 0.25) is 5.91 Å². The molecule has 0 aromatic heterocycles. The first-order valence-corrected chi connectivity index (χ1v) is 8.96. The number of carbonyl (C=O) groups excluding carboxylic acids is 3. The van der Waals surface area contributed by atoms with Crippen molar-refractivity contribution in [3.05, 3.63) is 29.8 Å². The zero-order chi connectivity index (χ0) is 19.3. The number of benzene rings is 1. The van der Waals surface area contributed by atoms with Crippen LogP contribution < -0.4 is 4.90 Å². The number of para-hydroxylation sites is 1. The summed E-state index contributed by atoms with van der Waals surface area (Å²) >= 11 is 0. The number of fused-ring (bicyclic) bond motifs is 1. The number of amides is 1. The van der Waals surface area contributed by atoms with Gasteiger partial charge in [0.1, 0.15) is 6.04 Å². The summed E-state index contributed by atoms with van der Waals surface area (Å²) in [5, 5.41) is 0. The number of aryl methyl sites for hydroxylation is 1. The second-order valence-electron chi connectivity index (χ2n) is 7.07. The monoisotopic (exact) mass is 361 g/mol. The van der Waals surface area contributed by atoms with Gasteiger partial charge in [-0.05, 0) is 51.7 Å². The molecule has 1 aliphatic heterocycles. The molecule has 1 heterocycles. The lowest BCUT2D eigenvalue weighted by molar-refractivity contribution is -0.154. The summed E-state index contributed by atoms with van der Waals surface area (Å²) in [7, 11) is 1.33. The molecule has 1 atom stereocenters. The van der Waals surface area contributed by atoms with E-state index in [1.807, 2.05) is 24.3 Å². The van der Waals surface area contributed by atoms with Crippen LogP contribution in [0.5, 0.6) is 0 Å². The summed E-state index contributed by atoms with van der Waals surface area (Å²) in [6.45, 7) is 5.59. The Morgan fingerprint density at radius 3 is 2.58 bits per heavy atom. The predicted octanol–water partition coefficient (Wildman–Crippen LogP) is 2.88. The van der Waals surface area contributed by atoms with Crippen LogP contribution in [0.15, 0.2) is 24.3 Å². The number of rotatable bonds is 6. The molecule has 1 unspecified atom stereocenters. The molecule has 0 spiro atoms. The highest BCUT2D eigenvalue weighted by molar-refractivity contribution is 6.01. The van der Waals surface area contributed by atoms with Crippen LogP contribution in [-0.4, -0.2) is 37.6 Å². The summed E-state index contributed by atoms with van der Waals surface area (Å²) in [5.74, 6) is -0.932. The van der Waals surface area contributed by atoms with E-state index in [1.165, 1.54) is 12.0 Å². The van der Waals surface area contributed by atoms with E-state index in [9.17, 15) is 14.4 Å². The van der Waals surface area contributed by atoms with E-state index >= 15 is 0 Å². The maximum atomic E-state index is 13.0. The fourth-order valence-corrected chi connectivity index (χ4v) is 3.18. The van der Waals surface area contributed by atoms with Crippen molar-refractivity contribution in [3.8, 4) is 0 Å². The lowest BCUT2D eigenvalue weighted by Gasteiger charge is -2.36. The number of nitrogens with zero attached hydrogens (tertiary/aromatic N) is 1. The molecule has 0 radical (unpaired) electrons. The second-order valence-corrected chi connectivity index (χ2v) is 7.07. The first-order valence-electron chi connectivity index (χ1n) is 8.96. The van der Waals surface area contributed by atoms with Crippen molar-refractivity contribution in [2.75, 3.05) is 18.6 Å². The van der Waals surface area contributed by atoms with Gasteiger partial charge in [-0.25, -0.2) is 4.79 Å². The Bertz CT molecular complexity index is 683. The van der Waals surface area contributed by atoms with Crippen LogP contribution in [0, 0.1) is 5.41 Å². The van der Waals surface area contributed by atoms with Crippen molar-refractivity contribution in [1.82, 2.24) is 0 Å². The lowest BCUT2D eigenvalue weighted by Crippen LogP contribution is -2.49. The summed E-state index contributed by atoms with van der Waals surface area (Å²) < 4.78 is 9.97. The molecule has 0 bridgehead atoms. The van der Waals surface area contributed by atoms with E-state index < -0.39 is 17.4 Å². The molecule has 2 rings (SSSR count). The molecule has 1 aromatic carbocycles. The summed E-state index contributed by atoms with van der Waals surface area (Å²) in [5.41, 5.74) is 1.01. The van der Waals surface area contributed by atoms with Crippen molar-refractivity contribution in [2.45, 2.75) is 52.5 Å². The normalized spacial score (nSPS) is 16.6. The number of hydrogen-bond donors (Lipinski definition) is 0. The minimum absolute atomic E-state index is 0.146. The number of methoxy groups -OCH3 is 1. The van der Waals surface area contributed by atoms with Crippen LogP contribution in [0.25, 0.3) is 0 Å². The fraction of sp³-hybridized carbons (Fsp3) is 0.550. The summed E-state index contributed by atoms with van der Waals surface area (Å²) in [4.78, 5) is 38.8. The maximum absolute atomic E-state index is 13.0. The van der Waals surface area contributed by atoms with E-state index in [0.717, 1.165) is 11.3 Å². The van der Waals surface area contributed by atoms with Gasteiger partial charge < -0.3 is 9.47 Å². The lowest BCUT2D eigenvalue weighted by atomic mass is 9.87. The Hall–Kier alpha value is -2.37. The molecule has 1 aromatic rings. The standard InChI is InChI=1S/C20H27NO5/c1-5-26-19(24)20(2,3)13-12-17(22)21-15-9-7-6-8-14(15)10-11-16(21)18(23)25-4/h6-9,16H,5,10-13H2,1-4H3. The van der Waals surface area contributed by atoms with Crippen molar-refractivity contribution < 1.29 is 23.9 Å². The highest BCUT2D eigenvalue weighted by Crippen LogP contribution is 2.33. The molecular formula is C20H27NO5. The van der Waals surface area contributed by atoms with Gasteiger partial charge in [-0.2, -0.15) is 0 Å². The number of anilines is 1. The van der Waals surface area contributed by atoms with Crippen LogP contribution in [0.1, 0.15) is 45.6 Å². The molecule has 1 aliphatic rings. The summed E-state index contributed by atoms with van der Waals surface area (Å²) in [6, 6.07) is 6.95. The molecule has 0 saturated heterocycles. The molecule has 26 heavy (non-hydrogen) atoms. The van der Waals surface area contributed by atoms with Gasteiger partial charge in [0.05, 0.1) is 19.1 Å². The van der Waals surface area contributed by atoms with Crippen LogP contribution in [-0.2, 0) is 30.3 Å². The second kappa shape index (κ2) is 8.34. The Kier molecular flexibility index (Phi) is 6.40. The van der Waals surface area contributed by atoms with Gasteiger partial charge >= 0.3 is 11.9 Å². The van der Waals surface area contributed by atoms with Crippen LogP contribution in [0.2, 0.25) is 0 Å². The molecule has 6 nitrogen and oxygen atoms in total. The first-order chi connectivity index (χ1) is 12.3. The van der Waals surface area contributed by atoms with Crippen molar-refractivity contribution in [3.63, 3.8) is 0 Å². The minimum atomic E-state index is -0.762. The largest absolute Gasteiger partial charge is 0.467 e. The third-order valence-corrected chi connectivity index (χ3v) is 4.78. The van der Waals surface area contributed by atoms with Gasteiger partial charge in [0.15, 0.2) is 0 Å². The average molecular weight is 361 g/mol. The fourth-order valence-electron chi connectivity index (χ4n) is 3.18. The molecule has 0 fully saturated rings. The highest BCUT2D eigenvalue weighted by Gasteiger charge is 2.37. The number of hydrogen-bond acceptors (Lipinski definition) is 5. The predicted molar refractivity (Wildman–Crippen MR) is 97.7 cm³/mol. The third kappa shape index (κ3) is 4.23. The van der Waals surface area contributed by atoms with Gasteiger partial charge in [0.25, 0.3) is 0 Å². The average Bonchev–Trinajstić information content (AvgIpc) is 2.64. The van der Waals surface area contributed by atoms with Crippen LogP contribution in [0.4, 0.5) is 5.69 Å². The van der Waals surface area contributed by atoms with Crippen molar-refractivity contribution in [1.29, 1.82) is 0 Å². The molecule has 0 saturated carbocycles. The van der Waals surface area contributed by atoms with Crippen molar-refractivity contribution >= 4 is 23.5 Å². The van der Waals surface area contributed by atoms with E-state index in [4.69, 9.17) is 9.47 Å². The van der Waals surface area contributed by atoms with Crippen molar-refractivity contribution in [2.24, 2.45) is 5.41 Å². The topological polar surface area (TPSA) is 72.9 Å². The highest BCUT2D eigenvalue weighted by atomic mass is 16.5. The van der Waals surface area contributed by atoms with Gasteiger partial charge in [0, 0.05) is 12.1 Å². The molecule has 6 heteroatoms. The zero-order valence-electron chi connectivity index (χ0n) is 15.9. The van der Waals surface area contributed by atoms with E-state index in [-0.39, 0.29) is 18.3 Å². The Balaban J connectivity index is 2.20. The van der Waals surface area contributed by atoms with E-state index in [0.29, 0.717) is 25.9 Å². The van der Waals surface area contributed by atoms with Gasteiger partial charge in [-0.3, -0.25) is 14.5 Å².